The Bertz CT molecular complexity index is 300. The summed E-state index contributed by atoms with van der Waals surface area (Å²) in [4.78, 5) is 11.6. The molecular formula is C8H10BrNO2S. The van der Waals surface area contributed by atoms with Crippen LogP contribution in [0.15, 0.2) is 15.9 Å². The molecule has 1 aromatic rings. The molecule has 0 amide bonds. The Kier molecular flexibility index (Phi) is 3.90. The zero-order valence-electron chi connectivity index (χ0n) is 7.08. The molecule has 0 aromatic carbocycles. The fourth-order valence-corrected chi connectivity index (χ4v) is 2.49. The van der Waals surface area contributed by atoms with E-state index in [1.165, 1.54) is 11.3 Å². The molecule has 0 aliphatic carbocycles. The summed E-state index contributed by atoms with van der Waals surface area (Å²) >= 11 is 4.74. The molecule has 0 fully saturated rings. The van der Waals surface area contributed by atoms with Crippen LogP contribution in [0.1, 0.15) is 17.8 Å². The molecule has 1 rings (SSSR count). The lowest BCUT2D eigenvalue weighted by Crippen LogP contribution is -2.27. The molecule has 2 N–H and O–H groups in total. The Labute approximate surface area is 88.9 Å². The van der Waals surface area contributed by atoms with Crippen LogP contribution in [0, 0.1) is 0 Å². The zero-order valence-corrected chi connectivity index (χ0v) is 9.48. The van der Waals surface area contributed by atoms with Crippen molar-refractivity contribution in [1.29, 1.82) is 0 Å². The molecule has 0 saturated carbocycles. The maximum absolute atomic E-state index is 10.8. The van der Waals surface area contributed by atoms with Gasteiger partial charge < -0.3 is 10.4 Å². The lowest BCUT2D eigenvalue weighted by atomic mass is 10.2. The first kappa shape index (κ1) is 10.7. The number of hydrogen-bond donors (Lipinski definition) is 2. The SMILES string of the molecule is CCNC(C(=O)O)c1ccc(Br)s1. The Morgan fingerprint density at radius 2 is 2.46 bits per heavy atom. The first-order chi connectivity index (χ1) is 6.15. The minimum Gasteiger partial charge on any atom is -0.480 e. The van der Waals surface area contributed by atoms with Crippen molar-refractivity contribution in [3.05, 3.63) is 20.8 Å². The molecule has 5 heteroatoms. The number of carboxylic acid groups (broad SMARTS) is 1. The van der Waals surface area contributed by atoms with Gasteiger partial charge in [0.25, 0.3) is 0 Å². The Balaban J connectivity index is 2.81. The molecule has 1 aromatic heterocycles. The molecule has 0 saturated heterocycles. The summed E-state index contributed by atoms with van der Waals surface area (Å²) < 4.78 is 0.951. The summed E-state index contributed by atoms with van der Waals surface area (Å²) in [6, 6.07) is 3.09. The van der Waals surface area contributed by atoms with Crippen LogP contribution in [0.25, 0.3) is 0 Å². The van der Waals surface area contributed by atoms with Crippen LogP contribution in [0.5, 0.6) is 0 Å². The van der Waals surface area contributed by atoms with Gasteiger partial charge in [0.1, 0.15) is 6.04 Å². The fourth-order valence-electron chi connectivity index (χ4n) is 0.997. The average molecular weight is 264 g/mol. The van der Waals surface area contributed by atoms with Crippen molar-refractivity contribution in [2.75, 3.05) is 6.54 Å². The topological polar surface area (TPSA) is 49.3 Å². The standard InChI is InChI=1S/C8H10BrNO2S/c1-2-10-7(8(11)12)5-3-4-6(9)13-5/h3-4,7,10H,2H2,1H3,(H,11,12). The molecule has 13 heavy (non-hydrogen) atoms. The quantitative estimate of drug-likeness (QED) is 0.876. The average Bonchev–Trinajstić information content (AvgIpc) is 2.46. The van der Waals surface area contributed by atoms with Gasteiger partial charge in [-0.3, -0.25) is 4.79 Å². The molecular weight excluding hydrogens is 254 g/mol. The van der Waals surface area contributed by atoms with E-state index in [1.807, 2.05) is 19.1 Å². The maximum Gasteiger partial charge on any atom is 0.326 e. The number of thiophene rings is 1. The molecule has 0 radical (unpaired) electrons. The third-order valence-corrected chi connectivity index (χ3v) is 3.22. The first-order valence-corrected chi connectivity index (χ1v) is 5.47. The number of hydrogen-bond acceptors (Lipinski definition) is 3. The number of rotatable bonds is 4. The lowest BCUT2D eigenvalue weighted by Gasteiger charge is -2.10. The molecule has 1 atom stereocenters. The first-order valence-electron chi connectivity index (χ1n) is 3.86. The molecule has 0 aliphatic heterocycles. The van der Waals surface area contributed by atoms with Gasteiger partial charge in [-0.2, -0.15) is 0 Å². The van der Waals surface area contributed by atoms with E-state index in [0.717, 1.165) is 8.66 Å². The summed E-state index contributed by atoms with van der Waals surface area (Å²) in [6.45, 7) is 2.53. The van der Waals surface area contributed by atoms with Crippen LogP contribution in [0.3, 0.4) is 0 Å². The molecule has 0 aliphatic rings. The Morgan fingerprint density at radius 1 is 1.77 bits per heavy atom. The summed E-state index contributed by atoms with van der Waals surface area (Å²) in [5.74, 6) is -0.837. The number of likely N-dealkylation sites (N-methyl/N-ethyl adjacent to an activating group) is 1. The van der Waals surface area contributed by atoms with Crippen molar-refractivity contribution in [1.82, 2.24) is 5.32 Å². The van der Waals surface area contributed by atoms with E-state index in [4.69, 9.17) is 5.11 Å². The number of aliphatic carboxylic acids is 1. The maximum atomic E-state index is 10.8. The van der Waals surface area contributed by atoms with Gasteiger partial charge in [0, 0.05) is 4.88 Å². The summed E-state index contributed by atoms with van der Waals surface area (Å²) in [5, 5.41) is 11.8. The highest BCUT2D eigenvalue weighted by molar-refractivity contribution is 9.11. The second-order valence-corrected chi connectivity index (χ2v) is 4.97. The van der Waals surface area contributed by atoms with E-state index in [1.54, 1.807) is 0 Å². The highest BCUT2D eigenvalue weighted by Gasteiger charge is 2.19. The van der Waals surface area contributed by atoms with E-state index in [0.29, 0.717) is 6.54 Å². The molecule has 72 valence electrons. The molecule has 1 heterocycles. The van der Waals surface area contributed by atoms with Crippen LogP contribution in [-0.2, 0) is 4.79 Å². The van der Waals surface area contributed by atoms with Gasteiger partial charge in [-0.25, -0.2) is 0 Å². The van der Waals surface area contributed by atoms with E-state index >= 15 is 0 Å². The smallest absolute Gasteiger partial charge is 0.326 e. The molecule has 0 bridgehead atoms. The zero-order chi connectivity index (χ0) is 9.84. The van der Waals surface area contributed by atoms with Crippen molar-refractivity contribution in [3.63, 3.8) is 0 Å². The number of halogens is 1. The Hall–Kier alpha value is -0.390. The van der Waals surface area contributed by atoms with E-state index < -0.39 is 12.0 Å². The van der Waals surface area contributed by atoms with Gasteiger partial charge in [0.15, 0.2) is 0 Å². The second kappa shape index (κ2) is 4.74. The van der Waals surface area contributed by atoms with Crippen molar-refractivity contribution < 1.29 is 9.90 Å². The van der Waals surface area contributed by atoms with Gasteiger partial charge in [0.2, 0.25) is 0 Å². The molecule has 3 nitrogen and oxygen atoms in total. The predicted molar refractivity (Wildman–Crippen MR) is 56.1 cm³/mol. The summed E-state index contributed by atoms with van der Waals surface area (Å²) in [7, 11) is 0. The van der Waals surface area contributed by atoms with Crippen molar-refractivity contribution in [2.24, 2.45) is 0 Å². The molecule has 1 unspecified atom stereocenters. The minimum absolute atomic E-state index is 0.582. The largest absolute Gasteiger partial charge is 0.480 e. The van der Waals surface area contributed by atoms with E-state index in [2.05, 4.69) is 21.2 Å². The van der Waals surface area contributed by atoms with Crippen molar-refractivity contribution in [3.8, 4) is 0 Å². The van der Waals surface area contributed by atoms with E-state index in [-0.39, 0.29) is 0 Å². The van der Waals surface area contributed by atoms with Gasteiger partial charge in [-0.15, -0.1) is 11.3 Å². The number of nitrogens with one attached hydrogen (secondary N) is 1. The lowest BCUT2D eigenvalue weighted by molar-refractivity contribution is -0.139. The van der Waals surface area contributed by atoms with Gasteiger partial charge in [0.05, 0.1) is 3.79 Å². The third kappa shape index (κ3) is 2.79. The molecule has 0 spiro atoms. The highest BCUT2D eigenvalue weighted by Crippen LogP contribution is 2.27. The van der Waals surface area contributed by atoms with Crippen molar-refractivity contribution in [2.45, 2.75) is 13.0 Å². The second-order valence-electron chi connectivity index (χ2n) is 2.47. The fraction of sp³-hybridized carbons (Fsp3) is 0.375. The number of carbonyl (C=O) groups is 1. The predicted octanol–water partition coefficient (Wildman–Crippen LogP) is 2.25. The third-order valence-electron chi connectivity index (χ3n) is 1.53. The van der Waals surface area contributed by atoms with Crippen LogP contribution >= 0.6 is 27.3 Å². The van der Waals surface area contributed by atoms with Crippen molar-refractivity contribution >= 4 is 33.2 Å². The summed E-state index contributed by atoms with van der Waals surface area (Å²) in [6.07, 6.45) is 0. The van der Waals surface area contributed by atoms with Gasteiger partial charge in [-0.1, -0.05) is 6.92 Å². The van der Waals surface area contributed by atoms with Crippen LogP contribution in [0.4, 0.5) is 0 Å². The van der Waals surface area contributed by atoms with Gasteiger partial charge in [-0.05, 0) is 34.6 Å². The highest BCUT2D eigenvalue weighted by atomic mass is 79.9. The van der Waals surface area contributed by atoms with E-state index in [9.17, 15) is 4.79 Å². The Morgan fingerprint density at radius 3 is 2.85 bits per heavy atom. The minimum atomic E-state index is -0.837. The number of carboxylic acids is 1. The normalized spacial score (nSPS) is 12.8. The van der Waals surface area contributed by atoms with Gasteiger partial charge >= 0.3 is 5.97 Å². The van der Waals surface area contributed by atoms with Crippen LogP contribution in [-0.4, -0.2) is 17.6 Å². The summed E-state index contributed by atoms with van der Waals surface area (Å²) in [5.41, 5.74) is 0. The monoisotopic (exact) mass is 263 g/mol. The van der Waals surface area contributed by atoms with Crippen LogP contribution < -0.4 is 5.32 Å². The van der Waals surface area contributed by atoms with Crippen LogP contribution in [0.2, 0.25) is 0 Å².